The third kappa shape index (κ3) is 4.28. The molecule has 1 aliphatic rings. The van der Waals surface area contributed by atoms with Gasteiger partial charge in [0.15, 0.2) is 0 Å². The number of rotatable bonds is 5. The van der Waals surface area contributed by atoms with Crippen molar-refractivity contribution in [2.45, 2.75) is 11.9 Å². The topological polar surface area (TPSA) is 49.9 Å². The standard InChI is InChI=1S/C14H22N2O3S/c1-15-8-9-19-14(10-15)11-16(2)20(17,18)12-13-6-4-3-5-7-13/h3-7,14H,8-12H2,1-2H3. The number of hydrogen-bond acceptors (Lipinski definition) is 4. The molecule has 0 saturated carbocycles. The van der Waals surface area contributed by atoms with Gasteiger partial charge in [0.05, 0.1) is 18.5 Å². The summed E-state index contributed by atoms with van der Waals surface area (Å²) < 4.78 is 31.6. The smallest absolute Gasteiger partial charge is 0.218 e. The van der Waals surface area contributed by atoms with Crippen molar-refractivity contribution < 1.29 is 13.2 Å². The first-order valence-electron chi connectivity index (χ1n) is 6.75. The van der Waals surface area contributed by atoms with E-state index in [4.69, 9.17) is 4.74 Å². The van der Waals surface area contributed by atoms with E-state index < -0.39 is 10.0 Å². The zero-order chi connectivity index (χ0) is 14.6. The van der Waals surface area contributed by atoms with Crippen LogP contribution in [0.2, 0.25) is 0 Å². The summed E-state index contributed by atoms with van der Waals surface area (Å²) >= 11 is 0. The highest BCUT2D eigenvalue weighted by Crippen LogP contribution is 2.12. The normalized spacial score (nSPS) is 21.2. The summed E-state index contributed by atoms with van der Waals surface area (Å²) in [5.74, 6) is 0.0346. The zero-order valence-corrected chi connectivity index (χ0v) is 12.8. The van der Waals surface area contributed by atoms with E-state index >= 15 is 0 Å². The molecule has 6 heteroatoms. The summed E-state index contributed by atoms with van der Waals surface area (Å²) in [7, 11) is 0.348. The predicted octanol–water partition coefficient (Wildman–Crippen LogP) is 0.779. The molecule has 20 heavy (non-hydrogen) atoms. The van der Waals surface area contributed by atoms with Gasteiger partial charge in [0.25, 0.3) is 0 Å². The van der Waals surface area contributed by atoms with E-state index in [9.17, 15) is 8.42 Å². The Morgan fingerprint density at radius 1 is 1.35 bits per heavy atom. The Morgan fingerprint density at radius 3 is 2.70 bits per heavy atom. The fourth-order valence-electron chi connectivity index (χ4n) is 2.27. The second-order valence-electron chi connectivity index (χ2n) is 5.28. The summed E-state index contributed by atoms with van der Waals surface area (Å²) in [6.07, 6.45) is -0.0516. The molecule has 1 aromatic rings. The van der Waals surface area contributed by atoms with Crippen LogP contribution in [-0.4, -0.2) is 64.1 Å². The van der Waals surface area contributed by atoms with Gasteiger partial charge in [-0.2, -0.15) is 0 Å². The molecular formula is C14H22N2O3S. The van der Waals surface area contributed by atoms with Crippen molar-refractivity contribution in [3.8, 4) is 0 Å². The Kier molecular flexibility index (Phi) is 5.15. The van der Waals surface area contributed by atoms with E-state index in [0.29, 0.717) is 13.2 Å². The molecule has 1 unspecified atom stereocenters. The molecule has 1 fully saturated rings. The Bertz CT molecular complexity index is 518. The van der Waals surface area contributed by atoms with Gasteiger partial charge in [-0.15, -0.1) is 0 Å². The highest BCUT2D eigenvalue weighted by Gasteiger charge is 2.25. The number of likely N-dealkylation sites (N-methyl/N-ethyl adjacent to an activating group) is 2. The number of benzene rings is 1. The van der Waals surface area contributed by atoms with E-state index in [2.05, 4.69) is 4.90 Å². The van der Waals surface area contributed by atoms with Crippen LogP contribution in [0.1, 0.15) is 5.56 Å². The van der Waals surface area contributed by atoms with E-state index in [-0.39, 0.29) is 11.9 Å². The van der Waals surface area contributed by atoms with Crippen LogP contribution >= 0.6 is 0 Å². The first-order chi connectivity index (χ1) is 9.47. The largest absolute Gasteiger partial charge is 0.374 e. The van der Waals surface area contributed by atoms with E-state index in [1.165, 1.54) is 4.31 Å². The molecule has 0 bridgehead atoms. The second kappa shape index (κ2) is 6.67. The van der Waals surface area contributed by atoms with Crippen LogP contribution in [0.25, 0.3) is 0 Å². The summed E-state index contributed by atoms with van der Waals surface area (Å²) in [6, 6.07) is 9.24. The Labute approximate surface area is 121 Å². The Balaban J connectivity index is 1.95. The third-order valence-corrected chi connectivity index (χ3v) is 5.27. The molecule has 0 radical (unpaired) electrons. The van der Waals surface area contributed by atoms with E-state index in [0.717, 1.165) is 18.7 Å². The number of hydrogen-bond donors (Lipinski definition) is 0. The van der Waals surface area contributed by atoms with E-state index in [1.807, 2.05) is 37.4 Å². The molecule has 1 aliphatic heterocycles. The SMILES string of the molecule is CN1CCOC(CN(C)S(=O)(=O)Cc2ccccc2)C1. The first-order valence-corrected chi connectivity index (χ1v) is 8.36. The highest BCUT2D eigenvalue weighted by atomic mass is 32.2. The van der Waals surface area contributed by atoms with Crippen LogP contribution < -0.4 is 0 Å². The quantitative estimate of drug-likeness (QED) is 0.806. The lowest BCUT2D eigenvalue weighted by atomic mass is 10.2. The first kappa shape index (κ1) is 15.4. The van der Waals surface area contributed by atoms with Gasteiger partial charge in [-0.25, -0.2) is 12.7 Å². The maximum atomic E-state index is 12.3. The van der Waals surface area contributed by atoms with E-state index in [1.54, 1.807) is 7.05 Å². The predicted molar refractivity (Wildman–Crippen MR) is 78.9 cm³/mol. The van der Waals surface area contributed by atoms with Crippen molar-refractivity contribution in [3.63, 3.8) is 0 Å². The minimum atomic E-state index is -3.30. The summed E-state index contributed by atoms with van der Waals surface area (Å²) in [4.78, 5) is 2.16. The van der Waals surface area contributed by atoms with Crippen molar-refractivity contribution in [3.05, 3.63) is 35.9 Å². The average molecular weight is 298 g/mol. The second-order valence-corrected chi connectivity index (χ2v) is 7.35. The van der Waals surface area contributed by atoms with Crippen molar-refractivity contribution >= 4 is 10.0 Å². The van der Waals surface area contributed by atoms with Gasteiger partial charge in [-0.3, -0.25) is 0 Å². The Morgan fingerprint density at radius 2 is 2.05 bits per heavy atom. The minimum Gasteiger partial charge on any atom is -0.374 e. The lowest BCUT2D eigenvalue weighted by Gasteiger charge is -2.32. The summed E-state index contributed by atoms with van der Waals surface area (Å²) in [6.45, 7) is 2.73. The lowest BCUT2D eigenvalue weighted by molar-refractivity contribution is -0.0247. The minimum absolute atomic E-state index is 0.0346. The van der Waals surface area contributed by atoms with Gasteiger partial charge in [0, 0.05) is 26.7 Å². The maximum Gasteiger partial charge on any atom is 0.218 e. The van der Waals surface area contributed by atoms with Gasteiger partial charge < -0.3 is 9.64 Å². The molecule has 2 rings (SSSR count). The zero-order valence-electron chi connectivity index (χ0n) is 12.0. The van der Waals surface area contributed by atoms with Gasteiger partial charge in [0.2, 0.25) is 10.0 Å². The van der Waals surface area contributed by atoms with Gasteiger partial charge in [0.1, 0.15) is 0 Å². The van der Waals surface area contributed by atoms with Crippen LogP contribution in [-0.2, 0) is 20.5 Å². The van der Waals surface area contributed by atoms with Crippen LogP contribution in [0.15, 0.2) is 30.3 Å². The maximum absolute atomic E-state index is 12.3. The van der Waals surface area contributed by atoms with Crippen molar-refractivity contribution in [2.24, 2.45) is 0 Å². The molecule has 0 N–H and O–H groups in total. The number of sulfonamides is 1. The van der Waals surface area contributed by atoms with Crippen molar-refractivity contribution in [1.29, 1.82) is 0 Å². The number of nitrogens with zero attached hydrogens (tertiary/aromatic N) is 2. The van der Waals surface area contributed by atoms with Gasteiger partial charge in [-0.1, -0.05) is 30.3 Å². The van der Waals surface area contributed by atoms with Crippen LogP contribution in [0.4, 0.5) is 0 Å². The fourth-order valence-corrected chi connectivity index (χ4v) is 3.50. The molecule has 0 aromatic heterocycles. The molecule has 1 saturated heterocycles. The van der Waals surface area contributed by atoms with Crippen molar-refractivity contribution in [2.75, 3.05) is 40.3 Å². The van der Waals surface area contributed by atoms with Gasteiger partial charge in [-0.05, 0) is 12.6 Å². The summed E-state index contributed by atoms with van der Waals surface area (Å²) in [5, 5.41) is 0. The fraction of sp³-hybridized carbons (Fsp3) is 0.571. The van der Waals surface area contributed by atoms with Crippen molar-refractivity contribution in [1.82, 2.24) is 9.21 Å². The number of ether oxygens (including phenoxy) is 1. The molecule has 1 atom stereocenters. The van der Waals surface area contributed by atoms with Gasteiger partial charge >= 0.3 is 0 Å². The molecule has 0 amide bonds. The molecule has 1 heterocycles. The molecular weight excluding hydrogens is 276 g/mol. The number of morpholine rings is 1. The molecule has 5 nitrogen and oxygen atoms in total. The molecule has 0 spiro atoms. The third-order valence-electron chi connectivity index (χ3n) is 3.47. The average Bonchev–Trinajstić information content (AvgIpc) is 2.39. The molecule has 0 aliphatic carbocycles. The highest BCUT2D eigenvalue weighted by molar-refractivity contribution is 7.88. The Hall–Kier alpha value is -0.950. The van der Waals surface area contributed by atoms with Crippen LogP contribution in [0.3, 0.4) is 0 Å². The molecule has 1 aromatic carbocycles. The summed E-state index contributed by atoms with van der Waals surface area (Å²) in [5.41, 5.74) is 0.807. The lowest BCUT2D eigenvalue weighted by Crippen LogP contribution is -2.46. The van der Waals surface area contributed by atoms with Crippen LogP contribution in [0, 0.1) is 0 Å². The monoisotopic (exact) mass is 298 g/mol. The molecule has 112 valence electrons. The van der Waals surface area contributed by atoms with Crippen LogP contribution in [0.5, 0.6) is 0 Å².